The molecular weight excluding hydrogens is 252 g/mol. The van der Waals surface area contributed by atoms with Crippen molar-refractivity contribution in [2.45, 2.75) is 64.8 Å². The number of likely N-dealkylation sites (tertiary alicyclic amines) is 1. The van der Waals surface area contributed by atoms with Crippen LogP contribution in [0.4, 0.5) is 4.79 Å². The standard InChI is InChI=1S/C16H30N2O2/c1-13(2)11-16(7-8-16)12-17-15(20)18-9-4-3-5-14(18)6-10-19/h13-14,19H,3-12H2,1-2H3,(H,17,20). The van der Waals surface area contributed by atoms with Crippen molar-refractivity contribution >= 4 is 6.03 Å². The van der Waals surface area contributed by atoms with Gasteiger partial charge in [-0.1, -0.05) is 13.8 Å². The average molecular weight is 282 g/mol. The van der Waals surface area contributed by atoms with E-state index in [2.05, 4.69) is 19.2 Å². The highest BCUT2D eigenvalue weighted by Gasteiger charge is 2.43. The Labute approximate surface area is 122 Å². The molecule has 2 N–H and O–H groups in total. The zero-order chi connectivity index (χ0) is 14.6. The van der Waals surface area contributed by atoms with Crippen LogP contribution in [0.2, 0.25) is 0 Å². The summed E-state index contributed by atoms with van der Waals surface area (Å²) in [7, 11) is 0. The summed E-state index contributed by atoms with van der Waals surface area (Å²) < 4.78 is 0. The smallest absolute Gasteiger partial charge is 0.317 e. The fourth-order valence-corrected chi connectivity index (χ4v) is 3.58. The molecule has 1 heterocycles. The van der Waals surface area contributed by atoms with Gasteiger partial charge in [0.15, 0.2) is 0 Å². The lowest BCUT2D eigenvalue weighted by atomic mass is 9.94. The number of carbonyl (C=O) groups is 1. The molecule has 0 spiro atoms. The van der Waals surface area contributed by atoms with E-state index in [-0.39, 0.29) is 18.7 Å². The van der Waals surface area contributed by atoms with Crippen LogP contribution in [-0.4, -0.2) is 41.8 Å². The first-order chi connectivity index (χ1) is 9.56. The Morgan fingerprint density at radius 3 is 2.75 bits per heavy atom. The summed E-state index contributed by atoms with van der Waals surface area (Å²) in [5, 5.41) is 12.3. The Kier molecular flexibility index (Phi) is 5.30. The van der Waals surface area contributed by atoms with Crippen LogP contribution in [0, 0.1) is 11.3 Å². The first-order valence-corrected chi connectivity index (χ1v) is 8.22. The number of nitrogens with one attached hydrogen (secondary N) is 1. The minimum Gasteiger partial charge on any atom is -0.396 e. The number of hydrogen-bond acceptors (Lipinski definition) is 2. The van der Waals surface area contributed by atoms with E-state index in [1.165, 1.54) is 25.7 Å². The molecule has 1 saturated heterocycles. The van der Waals surface area contributed by atoms with E-state index in [0.717, 1.165) is 25.9 Å². The van der Waals surface area contributed by atoms with Crippen LogP contribution in [0.25, 0.3) is 0 Å². The van der Waals surface area contributed by atoms with Crippen LogP contribution in [-0.2, 0) is 0 Å². The molecule has 1 saturated carbocycles. The van der Waals surface area contributed by atoms with Crippen LogP contribution in [0.3, 0.4) is 0 Å². The highest BCUT2D eigenvalue weighted by Crippen LogP contribution is 2.50. The van der Waals surface area contributed by atoms with Crippen molar-refractivity contribution in [3.05, 3.63) is 0 Å². The monoisotopic (exact) mass is 282 g/mol. The van der Waals surface area contributed by atoms with Crippen LogP contribution in [0.1, 0.15) is 58.8 Å². The number of hydrogen-bond donors (Lipinski definition) is 2. The number of aliphatic hydroxyl groups excluding tert-OH is 1. The van der Waals surface area contributed by atoms with E-state index in [4.69, 9.17) is 5.11 Å². The van der Waals surface area contributed by atoms with Gasteiger partial charge in [0, 0.05) is 25.7 Å². The molecule has 0 aromatic heterocycles. The Bertz CT molecular complexity index is 324. The molecule has 116 valence electrons. The van der Waals surface area contributed by atoms with Gasteiger partial charge in [0.2, 0.25) is 0 Å². The third-order valence-corrected chi connectivity index (χ3v) is 4.76. The lowest BCUT2D eigenvalue weighted by Gasteiger charge is -2.36. The van der Waals surface area contributed by atoms with E-state index in [1.807, 2.05) is 4.90 Å². The van der Waals surface area contributed by atoms with Crippen LogP contribution in [0.15, 0.2) is 0 Å². The second kappa shape index (κ2) is 6.79. The molecule has 0 aromatic rings. The van der Waals surface area contributed by atoms with Crippen molar-refractivity contribution in [3.63, 3.8) is 0 Å². The minimum absolute atomic E-state index is 0.0816. The molecule has 0 radical (unpaired) electrons. The summed E-state index contributed by atoms with van der Waals surface area (Å²) in [5.41, 5.74) is 0.381. The molecule has 2 fully saturated rings. The molecule has 1 aliphatic heterocycles. The van der Waals surface area contributed by atoms with Crippen molar-refractivity contribution in [1.82, 2.24) is 10.2 Å². The van der Waals surface area contributed by atoms with Crippen molar-refractivity contribution < 1.29 is 9.90 Å². The molecule has 0 bridgehead atoms. The molecule has 4 nitrogen and oxygen atoms in total. The normalized spacial score (nSPS) is 24.8. The minimum atomic E-state index is 0.0816. The zero-order valence-corrected chi connectivity index (χ0v) is 13.0. The third kappa shape index (κ3) is 4.11. The average Bonchev–Trinajstić information content (AvgIpc) is 3.16. The molecule has 1 unspecified atom stereocenters. The summed E-state index contributed by atoms with van der Waals surface area (Å²) in [6.07, 6.45) is 7.73. The Morgan fingerprint density at radius 2 is 2.15 bits per heavy atom. The van der Waals surface area contributed by atoms with E-state index >= 15 is 0 Å². The highest BCUT2D eigenvalue weighted by atomic mass is 16.3. The van der Waals surface area contributed by atoms with Gasteiger partial charge < -0.3 is 15.3 Å². The van der Waals surface area contributed by atoms with Gasteiger partial charge in [-0.15, -0.1) is 0 Å². The Balaban J connectivity index is 1.81. The van der Waals surface area contributed by atoms with Gasteiger partial charge in [0.05, 0.1) is 0 Å². The summed E-state index contributed by atoms with van der Waals surface area (Å²) in [6, 6.07) is 0.312. The number of aliphatic hydroxyl groups is 1. The van der Waals surface area contributed by atoms with Crippen molar-refractivity contribution in [2.75, 3.05) is 19.7 Å². The fraction of sp³-hybridized carbons (Fsp3) is 0.938. The molecule has 1 atom stereocenters. The molecule has 1 aliphatic carbocycles. The van der Waals surface area contributed by atoms with Crippen LogP contribution in [0.5, 0.6) is 0 Å². The lowest BCUT2D eigenvalue weighted by molar-refractivity contribution is 0.130. The van der Waals surface area contributed by atoms with Gasteiger partial charge >= 0.3 is 6.03 Å². The van der Waals surface area contributed by atoms with Gasteiger partial charge in [-0.25, -0.2) is 4.79 Å². The maximum atomic E-state index is 12.4. The van der Waals surface area contributed by atoms with Crippen molar-refractivity contribution in [3.8, 4) is 0 Å². The molecule has 0 aromatic carbocycles. The number of piperidine rings is 1. The van der Waals surface area contributed by atoms with Crippen molar-refractivity contribution in [1.29, 1.82) is 0 Å². The second-order valence-corrected chi connectivity index (χ2v) is 7.11. The summed E-state index contributed by atoms with van der Waals surface area (Å²) in [4.78, 5) is 14.3. The van der Waals surface area contributed by atoms with Crippen LogP contribution >= 0.6 is 0 Å². The fourth-order valence-electron chi connectivity index (χ4n) is 3.58. The zero-order valence-electron chi connectivity index (χ0n) is 13.0. The molecule has 20 heavy (non-hydrogen) atoms. The molecule has 2 rings (SSSR count). The second-order valence-electron chi connectivity index (χ2n) is 7.11. The van der Waals surface area contributed by atoms with Gasteiger partial charge in [-0.05, 0) is 56.3 Å². The molecule has 2 aliphatic rings. The topological polar surface area (TPSA) is 52.6 Å². The van der Waals surface area contributed by atoms with E-state index < -0.39 is 0 Å². The maximum absolute atomic E-state index is 12.4. The van der Waals surface area contributed by atoms with E-state index in [0.29, 0.717) is 17.8 Å². The van der Waals surface area contributed by atoms with Gasteiger partial charge in [0.25, 0.3) is 0 Å². The maximum Gasteiger partial charge on any atom is 0.317 e. The van der Waals surface area contributed by atoms with Gasteiger partial charge in [0.1, 0.15) is 0 Å². The first-order valence-electron chi connectivity index (χ1n) is 8.22. The number of amides is 2. The predicted molar refractivity (Wildman–Crippen MR) is 80.6 cm³/mol. The predicted octanol–water partition coefficient (Wildman–Crippen LogP) is 2.76. The highest BCUT2D eigenvalue weighted by molar-refractivity contribution is 5.74. The summed E-state index contributed by atoms with van der Waals surface area (Å²) in [6.45, 7) is 6.35. The Hall–Kier alpha value is -0.770. The summed E-state index contributed by atoms with van der Waals surface area (Å²) in [5.74, 6) is 0.700. The van der Waals surface area contributed by atoms with E-state index in [1.54, 1.807) is 0 Å². The molecule has 4 heteroatoms. The Morgan fingerprint density at radius 1 is 1.40 bits per heavy atom. The third-order valence-electron chi connectivity index (χ3n) is 4.76. The van der Waals surface area contributed by atoms with E-state index in [9.17, 15) is 4.79 Å². The molecular formula is C16H30N2O2. The number of nitrogens with zero attached hydrogens (tertiary/aromatic N) is 1. The SMILES string of the molecule is CC(C)CC1(CNC(=O)N2CCCCC2CCO)CC1. The van der Waals surface area contributed by atoms with Gasteiger partial charge in [-0.2, -0.15) is 0 Å². The molecule has 2 amide bonds. The number of carbonyl (C=O) groups excluding carboxylic acids is 1. The lowest BCUT2D eigenvalue weighted by Crippen LogP contribution is -2.50. The summed E-state index contributed by atoms with van der Waals surface area (Å²) >= 11 is 0. The van der Waals surface area contributed by atoms with Crippen molar-refractivity contribution in [2.24, 2.45) is 11.3 Å². The number of rotatable bonds is 6. The van der Waals surface area contributed by atoms with Crippen LogP contribution < -0.4 is 5.32 Å². The largest absolute Gasteiger partial charge is 0.396 e. The van der Waals surface area contributed by atoms with Gasteiger partial charge in [-0.3, -0.25) is 0 Å². The number of urea groups is 1. The quantitative estimate of drug-likeness (QED) is 0.787. The first kappa shape index (κ1) is 15.6.